The van der Waals surface area contributed by atoms with Crippen molar-refractivity contribution in [1.82, 2.24) is 5.32 Å². The summed E-state index contributed by atoms with van der Waals surface area (Å²) >= 11 is 0. The number of benzene rings is 2. The largest absolute Gasteiger partial charge is 0.484 e. The van der Waals surface area contributed by atoms with Crippen LogP contribution in [-0.2, 0) is 9.53 Å². The molecule has 2 aromatic carbocycles. The van der Waals surface area contributed by atoms with Crippen LogP contribution in [0.5, 0.6) is 5.75 Å². The summed E-state index contributed by atoms with van der Waals surface area (Å²) in [5, 5.41) is 2.74. The van der Waals surface area contributed by atoms with Gasteiger partial charge in [0.25, 0.3) is 5.91 Å². The zero-order valence-electron chi connectivity index (χ0n) is 14.7. The van der Waals surface area contributed by atoms with Crippen molar-refractivity contribution in [2.24, 2.45) is 0 Å². The van der Waals surface area contributed by atoms with Gasteiger partial charge in [0, 0.05) is 30.9 Å². The summed E-state index contributed by atoms with van der Waals surface area (Å²) < 4.78 is 23.5. The Hall–Kier alpha value is -2.73. The molecular weight excluding hydrogens is 337 g/mol. The first-order chi connectivity index (χ1) is 12.6. The lowest BCUT2D eigenvalue weighted by Crippen LogP contribution is -2.30. The molecule has 0 aliphatic rings. The van der Waals surface area contributed by atoms with E-state index in [4.69, 9.17) is 9.47 Å². The number of hydrogen-bond acceptors (Lipinski definition) is 4. The fourth-order valence-electron chi connectivity index (χ4n) is 2.22. The van der Waals surface area contributed by atoms with Gasteiger partial charge in [-0.15, -0.1) is 0 Å². The van der Waals surface area contributed by atoms with Gasteiger partial charge in [0.15, 0.2) is 12.4 Å². The SMILES string of the molecule is CCOCCCNC(=O)COc1ccc(C(=O)c2ccc(F)cc2)cc1. The highest BCUT2D eigenvalue weighted by atomic mass is 19.1. The van der Waals surface area contributed by atoms with Gasteiger partial charge in [0.1, 0.15) is 11.6 Å². The van der Waals surface area contributed by atoms with Crippen LogP contribution in [-0.4, -0.2) is 38.1 Å². The van der Waals surface area contributed by atoms with Crippen molar-refractivity contribution >= 4 is 11.7 Å². The van der Waals surface area contributed by atoms with Crippen LogP contribution in [0, 0.1) is 5.82 Å². The standard InChI is InChI=1S/C20H22FNO4/c1-2-25-13-3-12-22-19(23)14-26-18-10-6-16(7-11-18)20(24)15-4-8-17(21)9-5-15/h4-11H,2-3,12-14H2,1H3,(H,22,23). The minimum atomic E-state index is -0.388. The molecule has 26 heavy (non-hydrogen) atoms. The number of nitrogens with one attached hydrogen (secondary N) is 1. The van der Waals surface area contributed by atoms with Gasteiger partial charge in [-0.05, 0) is 61.9 Å². The van der Waals surface area contributed by atoms with Crippen molar-refractivity contribution in [1.29, 1.82) is 0 Å². The molecule has 0 aliphatic carbocycles. The fourth-order valence-corrected chi connectivity index (χ4v) is 2.22. The van der Waals surface area contributed by atoms with Crippen molar-refractivity contribution in [3.05, 3.63) is 65.5 Å². The second-order valence-corrected chi connectivity index (χ2v) is 5.55. The molecule has 1 N–H and O–H groups in total. The van der Waals surface area contributed by atoms with E-state index in [0.717, 1.165) is 6.42 Å². The maximum Gasteiger partial charge on any atom is 0.257 e. The maximum absolute atomic E-state index is 12.9. The van der Waals surface area contributed by atoms with Gasteiger partial charge < -0.3 is 14.8 Å². The van der Waals surface area contributed by atoms with E-state index in [0.29, 0.717) is 36.6 Å². The van der Waals surface area contributed by atoms with E-state index in [1.165, 1.54) is 24.3 Å². The van der Waals surface area contributed by atoms with Crippen LogP contribution in [0.25, 0.3) is 0 Å². The first-order valence-electron chi connectivity index (χ1n) is 8.47. The number of carbonyl (C=O) groups is 2. The molecule has 0 radical (unpaired) electrons. The molecule has 0 unspecified atom stereocenters. The zero-order valence-corrected chi connectivity index (χ0v) is 14.7. The number of ketones is 1. The summed E-state index contributed by atoms with van der Waals surface area (Å²) in [6.45, 7) is 3.63. The third-order valence-electron chi connectivity index (χ3n) is 3.58. The van der Waals surface area contributed by atoms with E-state index in [1.807, 2.05) is 6.92 Å². The van der Waals surface area contributed by atoms with Gasteiger partial charge >= 0.3 is 0 Å². The quantitative estimate of drug-likeness (QED) is 0.523. The molecule has 0 heterocycles. The summed E-state index contributed by atoms with van der Waals surface area (Å²) in [7, 11) is 0. The number of rotatable bonds is 10. The van der Waals surface area contributed by atoms with Gasteiger partial charge in [-0.1, -0.05) is 0 Å². The Morgan fingerprint density at radius 3 is 2.23 bits per heavy atom. The number of ether oxygens (including phenoxy) is 2. The van der Waals surface area contributed by atoms with Crippen LogP contribution in [0.3, 0.4) is 0 Å². The minimum absolute atomic E-state index is 0.0973. The molecule has 2 rings (SSSR count). The molecule has 0 saturated carbocycles. The highest BCUT2D eigenvalue weighted by Gasteiger charge is 2.09. The van der Waals surface area contributed by atoms with Crippen LogP contribution in [0.2, 0.25) is 0 Å². The third kappa shape index (κ3) is 6.29. The Labute approximate surface area is 152 Å². The number of hydrogen-bond donors (Lipinski definition) is 1. The topological polar surface area (TPSA) is 64.6 Å². The van der Waals surface area contributed by atoms with Crippen molar-refractivity contribution in [2.75, 3.05) is 26.4 Å². The van der Waals surface area contributed by atoms with E-state index >= 15 is 0 Å². The summed E-state index contributed by atoms with van der Waals surface area (Å²) in [4.78, 5) is 24.0. The van der Waals surface area contributed by atoms with E-state index in [9.17, 15) is 14.0 Å². The summed E-state index contributed by atoms with van der Waals surface area (Å²) in [6, 6.07) is 11.9. The predicted molar refractivity (Wildman–Crippen MR) is 95.9 cm³/mol. The Bertz CT molecular complexity index is 714. The normalized spacial score (nSPS) is 10.4. The molecule has 0 saturated heterocycles. The molecule has 1 amide bonds. The predicted octanol–water partition coefficient (Wildman–Crippen LogP) is 2.98. The van der Waals surface area contributed by atoms with Crippen molar-refractivity contribution < 1.29 is 23.5 Å². The molecule has 138 valence electrons. The van der Waals surface area contributed by atoms with Crippen molar-refractivity contribution in [3.8, 4) is 5.75 Å². The van der Waals surface area contributed by atoms with Gasteiger partial charge in [-0.3, -0.25) is 9.59 Å². The second-order valence-electron chi connectivity index (χ2n) is 5.55. The molecule has 0 bridgehead atoms. The Kier molecular flexibility index (Phi) is 7.76. The van der Waals surface area contributed by atoms with Crippen LogP contribution < -0.4 is 10.1 Å². The molecule has 0 fully saturated rings. The van der Waals surface area contributed by atoms with Crippen LogP contribution >= 0.6 is 0 Å². The smallest absolute Gasteiger partial charge is 0.257 e. The lowest BCUT2D eigenvalue weighted by atomic mass is 10.0. The third-order valence-corrected chi connectivity index (χ3v) is 3.58. The van der Waals surface area contributed by atoms with E-state index in [-0.39, 0.29) is 24.1 Å². The Morgan fingerprint density at radius 1 is 1.00 bits per heavy atom. The molecular formula is C20H22FNO4. The molecule has 0 spiro atoms. The van der Waals surface area contributed by atoms with Crippen molar-refractivity contribution in [3.63, 3.8) is 0 Å². The summed E-state index contributed by atoms with van der Waals surface area (Å²) in [5.74, 6) is -0.317. The van der Waals surface area contributed by atoms with Crippen LogP contribution in [0.1, 0.15) is 29.3 Å². The molecule has 0 aliphatic heterocycles. The van der Waals surface area contributed by atoms with Gasteiger partial charge in [0.2, 0.25) is 0 Å². The maximum atomic E-state index is 12.9. The highest BCUT2D eigenvalue weighted by Crippen LogP contribution is 2.16. The average Bonchev–Trinajstić information content (AvgIpc) is 2.66. The molecule has 6 heteroatoms. The zero-order chi connectivity index (χ0) is 18.8. The lowest BCUT2D eigenvalue weighted by molar-refractivity contribution is -0.123. The van der Waals surface area contributed by atoms with Gasteiger partial charge in [-0.2, -0.15) is 0 Å². The van der Waals surface area contributed by atoms with Gasteiger partial charge in [0.05, 0.1) is 0 Å². The monoisotopic (exact) mass is 359 g/mol. The summed E-state index contributed by atoms with van der Waals surface area (Å²) in [6.07, 6.45) is 0.750. The van der Waals surface area contributed by atoms with Crippen molar-refractivity contribution in [2.45, 2.75) is 13.3 Å². The number of halogens is 1. The molecule has 2 aromatic rings. The van der Waals surface area contributed by atoms with Crippen LogP contribution in [0.4, 0.5) is 4.39 Å². The van der Waals surface area contributed by atoms with E-state index in [1.54, 1.807) is 24.3 Å². The van der Waals surface area contributed by atoms with E-state index < -0.39 is 0 Å². The average molecular weight is 359 g/mol. The molecule has 5 nitrogen and oxygen atoms in total. The van der Waals surface area contributed by atoms with Crippen LogP contribution in [0.15, 0.2) is 48.5 Å². The fraction of sp³-hybridized carbons (Fsp3) is 0.300. The Balaban J connectivity index is 1.79. The number of carbonyl (C=O) groups excluding carboxylic acids is 2. The highest BCUT2D eigenvalue weighted by molar-refractivity contribution is 6.09. The summed E-state index contributed by atoms with van der Waals surface area (Å²) in [5.41, 5.74) is 0.871. The number of amides is 1. The lowest BCUT2D eigenvalue weighted by Gasteiger charge is -2.08. The minimum Gasteiger partial charge on any atom is -0.484 e. The molecule has 0 aromatic heterocycles. The Morgan fingerprint density at radius 2 is 1.62 bits per heavy atom. The first-order valence-corrected chi connectivity index (χ1v) is 8.47. The second kappa shape index (κ2) is 10.3. The molecule has 0 atom stereocenters. The van der Waals surface area contributed by atoms with Gasteiger partial charge in [-0.25, -0.2) is 4.39 Å². The van der Waals surface area contributed by atoms with E-state index in [2.05, 4.69) is 5.32 Å². The first kappa shape index (κ1) is 19.6.